The maximum Gasteiger partial charge on any atom is 0.327 e. The summed E-state index contributed by atoms with van der Waals surface area (Å²) in [6, 6.07) is 5.47. The van der Waals surface area contributed by atoms with E-state index < -0.39 is 44.5 Å². The number of amides is 1. The third kappa shape index (κ3) is 3.12. The second kappa shape index (κ2) is 7.64. The molecule has 0 saturated carbocycles. The maximum absolute atomic E-state index is 12.8. The lowest BCUT2D eigenvalue weighted by molar-refractivity contribution is -0.384. The molecule has 9 nitrogen and oxygen atoms in total. The number of non-ortho nitro benzene ring substituents is 1. The van der Waals surface area contributed by atoms with Crippen molar-refractivity contribution in [2.45, 2.75) is 31.9 Å². The molecule has 4 atom stereocenters. The molecule has 0 spiro atoms. The fourth-order valence-corrected chi connectivity index (χ4v) is 5.91. The summed E-state index contributed by atoms with van der Waals surface area (Å²) in [6.07, 6.45) is 0.155. The first kappa shape index (κ1) is 20.5. The average Bonchev–Trinajstić information content (AvgIpc) is 3.07. The fraction of sp³-hybridized carbons (Fsp3) is 0.412. The molecule has 2 aliphatic rings. The standard InChI is InChI=1S/C17H18N2O7S2/c1-3-28(25)13-8-18-14(21)17(10(2)20,15(18)27-13)16(22)26-9-11-4-6-12(7-5-11)19(23)24/h4-8,10,15,20H,3,9H2,1-2H3/t10?,15-,17-,28?/m1/s1. The molecule has 0 aliphatic carbocycles. The summed E-state index contributed by atoms with van der Waals surface area (Å²) >= 11 is 1.12. The number of nitro benzene ring substituents is 1. The van der Waals surface area contributed by atoms with Crippen LogP contribution in [0.4, 0.5) is 5.69 Å². The molecule has 1 amide bonds. The molecule has 1 aromatic rings. The van der Waals surface area contributed by atoms with Gasteiger partial charge in [-0.3, -0.25) is 23.9 Å². The molecular weight excluding hydrogens is 408 g/mol. The third-order valence-corrected chi connectivity index (χ3v) is 7.79. The quantitative estimate of drug-likeness (QED) is 0.228. The summed E-state index contributed by atoms with van der Waals surface area (Å²) in [5, 5.41) is 20.2. The van der Waals surface area contributed by atoms with Gasteiger partial charge in [0.15, 0.2) is 0 Å². The van der Waals surface area contributed by atoms with Crippen molar-refractivity contribution in [1.82, 2.24) is 4.90 Å². The van der Waals surface area contributed by atoms with Gasteiger partial charge in [0.05, 0.1) is 26.1 Å². The van der Waals surface area contributed by atoms with Crippen LogP contribution >= 0.6 is 11.8 Å². The van der Waals surface area contributed by atoms with Crippen LogP contribution in [0.15, 0.2) is 34.7 Å². The van der Waals surface area contributed by atoms with Gasteiger partial charge in [0.25, 0.3) is 11.6 Å². The minimum absolute atomic E-state index is 0.0924. The first-order valence-corrected chi connectivity index (χ1v) is 10.6. The van der Waals surface area contributed by atoms with E-state index in [2.05, 4.69) is 0 Å². The molecule has 0 bridgehead atoms. The van der Waals surface area contributed by atoms with Gasteiger partial charge in [-0.05, 0) is 24.6 Å². The van der Waals surface area contributed by atoms with E-state index in [0.717, 1.165) is 11.8 Å². The SMILES string of the molecule is CCS(=O)C1=CN2C(=O)[C@](C(=O)OCc3ccc([N+](=O)[O-])cc3)(C(C)O)[C@H]2S1. The number of fused-ring (bicyclic) bond motifs is 1. The van der Waals surface area contributed by atoms with Crippen LogP contribution in [0.1, 0.15) is 19.4 Å². The Labute approximate surface area is 167 Å². The van der Waals surface area contributed by atoms with Gasteiger partial charge in [-0.15, -0.1) is 0 Å². The fourth-order valence-electron chi connectivity index (χ4n) is 3.09. The van der Waals surface area contributed by atoms with Crippen molar-refractivity contribution in [3.63, 3.8) is 0 Å². The number of nitrogens with zero attached hydrogens (tertiary/aromatic N) is 2. The van der Waals surface area contributed by atoms with E-state index in [-0.39, 0.29) is 12.3 Å². The van der Waals surface area contributed by atoms with Gasteiger partial charge in [-0.25, -0.2) is 0 Å². The number of aliphatic hydroxyl groups excluding tert-OH is 1. The highest BCUT2D eigenvalue weighted by atomic mass is 32.2. The highest BCUT2D eigenvalue weighted by molar-refractivity contribution is 8.17. The molecule has 1 N–H and O–H groups in total. The van der Waals surface area contributed by atoms with Crippen LogP contribution in [0.3, 0.4) is 0 Å². The first-order valence-electron chi connectivity index (χ1n) is 8.41. The topological polar surface area (TPSA) is 127 Å². The Bertz CT molecular complexity index is 884. The molecule has 28 heavy (non-hydrogen) atoms. The summed E-state index contributed by atoms with van der Waals surface area (Å²) in [4.78, 5) is 36.9. The van der Waals surface area contributed by atoms with E-state index >= 15 is 0 Å². The van der Waals surface area contributed by atoms with Crippen molar-refractivity contribution in [2.24, 2.45) is 5.41 Å². The van der Waals surface area contributed by atoms with Gasteiger partial charge in [0.2, 0.25) is 5.41 Å². The number of hydrogen-bond acceptors (Lipinski definition) is 8. The van der Waals surface area contributed by atoms with Crippen molar-refractivity contribution in [3.8, 4) is 0 Å². The van der Waals surface area contributed by atoms with Crippen LogP contribution < -0.4 is 0 Å². The minimum atomic E-state index is -1.78. The number of aliphatic hydroxyl groups is 1. The van der Waals surface area contributed by atoms with Gasteiger partial charge >= 0.3 is 5.97 Å². The molecule has 11 heteroatoms. The number of hydrogen-bond donors (Lipinski definition) is 1. The summed E-state index contributed by atoms with van der Waals surface area (Å²) in [7, 11) is -1.28. The lowest BCUT2D eigenvalue weighted by Gasteiger charge is -2.50. The molecule has 1 aromatic carbocycles. The molecule has 1 fully saturated rings. The van der Waals surface area contributed by atoms with Gasteiger partial charge in [0, 0.05) is 24.1 Å². The molecule has 2 aliphatic heterocycles. The number of carbonyl (C=O) groups excluding carboxylic acids is 2. The van der Waals surface area contributed by atoms with Crippen LogP contribution in [0.5, 0.6) is 0 Å². The van der Waals surface area contributed by atoms with Crippen LogP contribution in [0.2, 0.25) is 0 Å². The van der Waals surface area contributed by atoms with Gasteiger partial charge in [-0.1, -0.05) is 18.7 Å². The van der Waals surface area contributed by atoms with Gasteiger partial charge in [0.1, 0.15) is 12.0 Å². The average molecular weight is 426 g/mol. The van der Waals surface area contributed by atoms with Crippen molar-refractivity contribution >= 4 is 40.1 Å². The number of thioether (sulfide) groups is 1. The Morgan fingerprint density at radius 1 is 1.46 bits per heavy atom. The molecular formula is C17H18N2O7S2. The number of rotatable bonds is 7. The Morgan fingerprint density at radius 3 is 2.64 bits per heavy atom. The minimum Gasteiger partial charge on any atom is -0.460 e. The third-order valence-electron chi connectivity index (χ3n) is 4.70. The molecule has 2 heterocycles. The number of carbonyl (C=O) groups is 2. The summed E-state index contributed by atoms with van der Waals surface area (Å²) in [6.45, 7) is 2.89. The summed E-state index contributed by atoms with van der Waals surface area (Å²) in [5.74, 6) is -1.10. The van der Waals surface area contributed by atoms with E-state index in [1.165, 1.54) is 42.3 Å². The van der Waals surface area contributed by atoms with E-state index in [1.807, 2.05) is 0 Å². The number of esters is 1. The Balaban J connectivity index is 1.74. The molecule has 1 saturated heterocycles. The lowest BCUT2D eigenvalue weighted by atomic mass is 9.74. The van der Waals surface area contributed by atoms with Crippen LogP contribution in [-0.2, 0) is 31.7 Å². The van der Waals surface area contributed by atoms with Crippen LogP contribution in [-0.4, -0.2) is 48.2 Å². The van der Waals surface area contributed by atoms with E-state index in [4.69, 9.17) is 4.74 Å². The second-order valence-electron chi connectivity index (χ2n) is 6.31. The highest BCUT2D eigenvalue weighted by Crippen LogP contribution is 2.55. The molecule has 3 rings (SSSR count). The zero-order valence-electron chi connectivity index (χ0n) is 15.1. The number of nitro groups is 1. The van der Waals surface area contributed by atoms with Crippen LogP contribution in [0.25, 0.3) is 0 Å². The Morgan fingerprint density at radius 2 is 2.11 bits per heavy atom. The van der Waals surface area contributed by atoms with Crippen molar-refractivity contribution in [2.75, 3.05) is 5.75 Å². The van der Waals surface area contributed by atoms with E-state index in [0.29, 0.717) is 15.6 Å². The number of β-lactam (4-membered cyclic amide) rings is 1. The predicted octanol–water partition coefficient (Wildman–Crippen LogP) is 1.49. The van der Waals surface area contributed by atoms with Gasteiger partial charge in [-0.2, -0.15) is 0 Å². The van der Waals surface area contributed by atoms with Crippen molar-refractivity contribution < 1.29 is 28.6 Å². The molecule has 2 unspecified atom stereocenters. The second-order valence-corrected chi connectivity index (χ2v) is 9.40. The van der Waals surface area contributed by atoms with Gasteiger partial charge < -0.3 is 14.7 Å². The van der Waals surface area contributed by atoms with E-state index in [1.54, 1.807) is 6.92 Å². The predicted molar refractivity (Wildman–Crippen MR) is 102 cm³/mol. The molecule has 0 aromatic heterocycles. The maximum atomic E-state index is 12.8. The molecule has 0 radical (unpaired) electrons. The summed E-state index contributed by atoms with van der Waals surface area (Å²) in [5.41, 5.74) is -1.36. The Hall–Kier alpha value is -2.24. The molecule has 150 valence electrons. The highest BCUT2D eigenvalue weighted by Gasteiger charge is 2.71. The van der Waals surface area contributed by atoms with E-state index in [9.17, 15) is 29.0 Å². The first-order chi connectivity index (χ1) is 13.2. The normalized spacial score (nSPS) is 25.4. The zero-order chi connectivity index (χ0) is 20.6. The Kier molecular flexibility index (Phi) is 5.60. The van der Waals surface area contributed by atoms with Crippen molar-refractivity contribution in [1.29, 1.82) is 0 Å². The smallest absolute Gasteiger partial charge is 0.327 e. The number of ether oxygens (including phenoxy) is 1. The lowest BCUT2D eigenvalue weighted by Crippen LogP contribution is -2.72. The monoisotopic (exact) mass is 426 g/mol. The largest absolute Gasteiger partial charge is 0.460 e. The number of benzene rings is 1. The zero-order valence-corrected chi connectivity index (χ0v) is 16.7. The van der Waals surface area contributed by atoms with Crippen molar-refractivity contribution in [3.05, 3.63) is 50.4 Å². The summed E-state index contributed by atoms with van der Waals surface area (Å²) < 4.78 is 17.8. The van der Waals surface area contributed by atoms with Crippen LogP contribution in [0, 0.1) is 15.5 Å².